The average molecular weight is 370 g/mol. The normalized spacial score (nSPS) is 22.0. The summed E-state index contributed by atoms with van der Waals surface area (Å²) in [5.74, 6) is -0.136. The zero-order chi connectivity index (χ0) is 17.9. The van der Waals surface area contributed by atoms with Gasteiger partial charge in [-0.05, 0) is 31.7 Å². The summed E-state index contributed by atoms with van der Waals surface area (Å²) in [7, 11) is -3.28. The van der Waals surface area contributed by atoms with E-state index in [0.717, 1.165) is 31.4 Å². The van der Waals surface area contributed by atoms with Crippen LogP contribution in [0.2, 0.25) is 0 Å². The van der Waals surface area contributed by atoms with Crippen molar-refractivity contribution in [3.63, 3.8) is 0 Å². The molecule has 3 rings (SSSR count). The van der Waals surface area contributed by atoms with Crippen LogP contribution in [0.15, 0.2) is 12.4 Å². The summed E-state index contributed by atoms with van der Waals surface area (Å²) in [6.07, 6.45) is 6.14. The van der Waals surface area contributed by atoms with E-state index in [1.54, 1.807) is 6.20 Å². The van der Waals surface area contributed by atoms with E-state index in [9.17, 15) is 13.2 Å². The lowest BCUT2D eigenvalue weighted by molar-refractivity contribution is -0.123. The Kier molecular flexibility index (Phi) is 5.75. The van der Waals surface area contributed by atoms with E-state index in [4.69, 9.17) is 4.74 Å². The van der Waals surface area contributed by atoms with Crippen molar-refractivity contribution >= 4 is 15.9 Å². The van der Waals surface area contributed by atoms with Crippen LogP contribution in [-0.4, -0.2) is 66.0 Å². The second kappa shape index (κ2) is 7.84. The van der Waals surface area contributed by atoms with Crippen LogP contribution in [0, 0.1) is 6.92 Å². The van der Waals surface area contributed by atoms with Crippen LogP contribution >= 0.6 is 0 Å². The first-order chi connectivity index (χ1) is 12.0. The second-order valence-corrected chi connectivity index (χ2v) is 8.94. The summed E-state index contributed by atoms with van der Waals surface area (Å²) < 4.78 is 33.7. The van der Waals surface area contributed by atoms with Gasteiger partial charge in [0.25, 0.3) is 0 Å². The number of carbonyl (C=O) groups is 1. The van der Waals surface area contributed by atoms with Crippen molar-refractivity contribution in [3.05, 3.63) is 18.0 Å². The summed E-state index contributed by atoms with van der Waals surface area (Å²) in [5.41, 5.74) is 1.11. The molecule has 25 heavy (non-hydrogen) atoms. The third kappa shape index (κ3) is 4.80. The van der Waals surface area contributed by atoms with E-state index in [-0.39, 0.29) is 24.2 Å². The van der Waals surface area contributed by atoms with Crippen LogP contribution < -0.4 is 5.32 Å². The summed E-state index contributed by atoms with van der Waals surface area (Å²) in [5, 5.41) is 6.81. The van der Waals surface area contributed by atoms with Gasteiger partial charge in [-0.2, -0.15) is 9.40 Å². The molecule has 0 radical (unpaired) electrons. The van der Waals surface area contributed by atoms with Crippen LogP contribution in [0.1, 0.15) is 31.2 Å². The molecule has 0 spiro atoms. The molecule has 2 fully saturated rings. The van der Waals surface area contributed by atoms with Crippen LogP contribution in [0.4, 0.5) is 0 Å². The van der Waals surface area contributed by atoms with Gasteiger partial charge in [-0.25, -0.2) is 8.42 Å². The predicted octanol–water partition coefficient (Wildman–Crippen LogP) is 0.281. The molecule has 1 aliphatic carbocycles. The van der Waals surface area contributed by atoms with Crippen molar-refractivity contribution in [3.8, 4) is 0 Å². The minimum atomic E-state index is -3.28. The lowest BCUT2D eigenvalue weighted by Crippen LogP contribution is -2.51. The van der Waals surface area contributed by atoms with Crippen molar-refractivity contribution in [1.29, 1.82) is 0 Å². The van der Waals surface area contributed by atoms with Gasteiger partial charge in [0.05, 0.1) is 30.7 Å². The van der Waals surface area contributed by atoms with Gasteiger partial charge >= 0.3 is 0 Å². The molecule has 1 aromatic heterocycles. The van der Waals surface area contributed by atoms with Crippen molar-refractivity contribution < 1.29 is 17.9 Å². The zero-order valence-corrected chi connectivity index (χ0v) is 15.4. The number of hydrogen-bond acceptors (Lipinski definition) is 5. The maximum Gasteiger partial charge on any atom is 0.221 e. The highest BCUT2D eigenvalue weighted by molar-refractivity contribution is 7.90. The van der Waals surface area contributed by atoms with E-state index in [1.165, 1.54) is 4.31 Å². The molecule has 1 saturated heterocycles. The fraction of sp³-hybridized carbons (Fsp3) is 0.750. The second-order valence-electron chi connectivity index (χ2n) is 6.77. The van der Waals surface area contributed by atoms with Crippen molar-refractivity contribution in [2.45, 2.75) is 50.4 Å². The highest BCUT2D eigenvalue weighted by atomic mass is 32.2. The Labute approximate surface area is 148 Å². The molecule has 1 saturated carbocycles. The number of hydrogen-bond donors (Lipinski definition) is 1. The molecule has 2 aliphatic rings. The topological polar surface area (TPSA) is 93.5 Å². The lowest BCUT2D eigenvalue weighted by Gasteiger charge is -2.34. The van der Waals surface area contributed by atoms with Gasteiger partial charge in [0.2, 0.25) is 15.9 Å². The van der Waals surface area contributed by atoms with Gasteiger partial charge in [0, 0.05) is 32.3 Å². The lowest BCUT2D eigenvalue weighted by atomic mass is 10.2. The number of aryl methyl sites for hydroxylation is 2. The first-order valence-corrected chi connectivity index (χ1v) is 10.3. The van der Waals surface area contributed by atoms with Gasteiger partial charge in [-0.1, -0.05) is 0 Å². The Hall–Kier alpha value is -1.45. The van der Waals surface area contributed by atoms with Crippen molar-refractivity contribution in [2.75, 3.05) is 26.3 Å². The Balaban J connectivity index is 1.44. The molecular weight excluding hydrogens is 344 g/mol. The standard InChI is InChI=1S/C16H26N4O4S/c1-13-10-18-19(11-13)6-2-5-17-16(21)9-14-12-24-8-7-20(14)25(22,23)15-3-4-15/h10-11,14-15H,2-9,12H2,1H3,(H,17,21). The molecule has 1 N–H and O–H groups in total. The smallest absolute Gasteiger partial charge is 0.221 e. The van der Waals surface area contributed by atoms with E-state index in [0.29, 0.717) is 19.7 Å². The number of ether oxygens (including phenoxy) is 1. The molecular formula is C16H26N4O4S. The maximum atomic E-state index is 12.5. The summed E-state index contributed by atoms with van der Waals surface area (Å²) >= 11 is 0. The van der Waals surface area contributed by atoms with Gasteiger partial charge in [-0.3, -0.25) is 9.48 Å². The van der Waals surface area contributed by atoms with Gasteiger partial charge < -0.3 is 10.1 Å². The predicted molar refractivity (Wildman–Crippen MR) is 92.5 cm³/mol. The monoisotopic (exact) mass is 370 g/mol. The molecule has 0 aromatic carbocycles. The fourth-order valence-corrected chi connectivity index (χ4v) is 5.03. The third-order valence-corrected chi connectivity index (χ3v) is 6.96. The molecule has 1 amide bonds. The average Bonchev–Trinajstić information content (AvgIpc) is 3.36. The molecule has 0 bridgehead atoms. The molecule has 140 valence electrons. The van der Waals surface area contributed by atoms with Crippen LogP contribution in [-0.2, 0) is 26.1 Å². The summed E-state index contributed by atoms with van der Waals surface area (Å²) in [6, 6.07) is -0.395. The minimum absolute atomic E-state index is 0.136. The molecule has 9 heteroatoms. The van der Waals surface area contributed by atoms with Gasteiger partial charge in [-0.15, -0.1) is 0 Å². The summed E-state index contributed by atoms with van der Waals surface area (Å²) in [4.78, 5) is 12.2. The number of sulfonamides is 1. The van der Waals surface area contributed by atoms with E-state index < -0.39 is 16.1 Å². The van der Waals surface area contributed by atoms with Crippen LogP contribution in [0.3, 0.4) is 0 Å². The fourth-order valence-electron chi connectivity index (χ4n) is 3.04. The first-order valence-electron chi connectivity index (χ1n) is 8.81. The quantitative estimate of drug-likeness (QED) is 0.664. The molecule has 2 heterocycles. The van der Waals surface area contributed by atoms with Crippen LogP contribution in [0.5, 0.6) is 0 Å². The Morgan fingerprint density at radius 2 is 2.24 bits per heavy atom. The van der Waals surface area contributed by atoms with E-state index in [1.807, 2.05) is 17.8 Å². The number of nitrogens with zero attached hydrogens (tertiary/aromatic N) is 3. The van der Waals surface area contributed by atoms with E-state index in [2.05, 4.69) is 10.4 Å². The molecule has 1 unspecified atom stereocenters. The maximum absolute atomic E-state index is 12.5. The number of rotatable bonds is 8. The number of carbonyl (C=O) groups excluding carboxylic acids is 1. The molecule has 1 aromatic rings. The first kappa shape index (κ1) is 18.3. The van der Waals surface area contributed by atoms with Gasteiger partial charge in [0.1, 0.15) is 0 Å². The van der Waals surface area contributed by atoms with E-state index >= 15 is 0 Å². The highest BCUT2D eigenvalue weighted by Crippen LogP contribution is 2.33. The number of morpholine rings is 1. The number of amides is 1. The van der Waals surface area contributed by atoms with Crippen molar-refractivity contribution in [2.24, 2.45) is 0 Å². The molecule has 1 aliphatic heterocycles. The van der Waals surface area contributed by atoms with Crippen LogP contribution in [0.25, 0.3) is 0 Å². The minimum Gasteiger partial charge on any atom is -0.378 e. The number of aromatic nitrogens is 2. The SMILES string of the molecule is Cc1cnn(CCCNC(=O)CC2COCCN2S(=O)(=O)C2CC2)c1. The third-order valence-electron chi connectivity index (χ3n) is 4.52. The largest absolute Gasteiger partial charge is 0.378 e. The molecule has 1 atom stereocenters. The Morgan fingerprint density at radius 1 is 1.44 bits per heavy atom. The Morgan fingerprint density at radius 3 is 2.92 bits per heavy atom. The summed E-state index contributed by atoms with van der Waals surface area (Å²) in [6.45, 7) is 4.29. The Bertz CT molecular complexity index is 699. The van der Waals surface area contributed by atoms with Crippen molar-refractivity contribution in [1.82, 2.24) is 19.4 Å². The number of nitrogens with one attached hydrogen (secondary N) is 1. The van der Waals surface area contributed by atoms with Gasteiger partial charge in [0.15, 0.2) is 0 Å². The zero-order valence-electron chi connectivity index (χ0n) is 14.6. The molecule has 8 nitrogen and oxygen atoms in total. The highest BCUT2D eigenvalue weighted by Gasteiger charge is 2.44.